The van der Waals surface area contributed by atoms with Crippen LogP contribution in [-0.2, 0) is 10.0 Å². The molecule has 0 aliphatic rings. The third-order valence-electron chi connectivity index (χ3n) is 3.05. The van der Waals surface area contributed by atoms with Gasteiger partial charge in [0.2, 0.25) is 10.0 Å². The van der Waals surface area contributed by atoms with Gasteiger partial charge in [0.05, 0.1) is 19.9 Å². The van der Waals surface area contributed by atoms with E-state index in [9.17, 15) is 8.42 Å². The van der Waals surface area contributed by atoms with Crippen molar-refractivity contribution in [1.29, 1.82) is 0 Å². The van der Waals surface area contributed by atoms with Gasteiger partial charge in [0.1, 0.15) is 16.4 Å². The van der Waals surface area contributed by atoms with Crippen molar-refractivity contribution in [3.8, 4) is 11.5 Å². The Morgan fingerprint density at radius 2 is 1.81 bits per heavy atom. The van der Waals surface area contributed by atoms with E-state index in [1.165, 1.54) is 26.4 Å². The Kier molecular flexibility index (Phi) is 5.77. The number of rotatable bonds is 7. The molecule has 0 aromatic heterocycles. The number of benzene rings is 1. The summed E-state index contributed by atoms with van der Waals surface area (Å²) in [6, 6.07) is 2.80. The number of hydrogen-bond acceptors (Lipinski definition) is 6. The molecule has 0 bridgehead atoms. The highest BCUT2D eigenvalue weighted by Gasteiger charge is 2.25. The van der Waals surface area contributed by atoms with Gasteiger partial charge in [-0.25, -0.2) is 13.1 Å². The van der Waals surface area contributed by atoms with E-state index in [0.717, 1.165) is 0 Å². The second-order valence-corrected chi connectivity index (χ2v) is 8.28. The van der Waals surface area contributed by atoms with E-state index in [1.807, 2.05) is 20.1 Å². The number of hydrogen-bond donors (Lipinski definition) is 2. The number of sulfonamides is 1. The van der Waals surface area contributed by atoms with Gasteiger partial charge in [-0.15, -0.1) is 0 Å². The molecule has 3 N–H and O–H groups in total. The summed E-state index contributed by atoms with van der Waals surface area (Å²) in [6.07, 6.45) is 1.93. The van der Waals surface area contributed by atoms with Crippen LogP contribution in [0.3, 0.4) is 0 Å². The van der Waals surface area contributed by atoms with Crippen molar-refractivity contribution in [2.45, 2.75) is 23.5 Å². The first kappa shape index (κ1) is 17.9. The van der Waals surface area contributed by atoms with Crippen LogP contribution in [0.1, 0.15) is 13.8 Å². The molecule has 1 aromatic carbocycles. The number of methoxy groups -OCH3 is 2. The maximum Gasteiger partial charge on any atom is 0.244 e. The molecule has 6 nitrogen and oxygen atoms in total. The molecule has 0 saturated carbocycles. The van der Waals surface area contributed by atoms with Gasteiger partial charge < -0.3 is 15.2 Å². The molecule has 0 heterocycles. The average molecular weight is 334 g/mol. The Balaban J connectivity index is 3.16. The van der Waals surface area contributed by atoms with Crippen molar-refractivity contribution in [2.24, 2.45) is 0 Å². The van der Waals surface area contributed by atoms with Crippen molar-refractivity contribution < 1.29 is 17.9 Å². The van der Waals surface area contributed by atoms with E-state index >= 15 is 0 Å². The number of thioether (sulfide) groups is 1. The monoisotopic (exact) mass is 334 g/mol. The molecule has 0 spiro atoms. The molecule has 21 heavy (non-hydrogen) atoms. The second kappa shape index (κ2) is 6.76. The van der Waals surface area contributed by atoms with Crippen molar-refractivity contribution in [3.05, 3.63) is 12.1 Å². The third-order valence-corrected chi connectivity index (χ3v) is 5.72. The highest BCUT2D eigenvalue weighted by atomic mass is 32.2. The fourth-order valence-corrected chi connectivity index (χ4v) is 3.23. The average Bonchev–Trinajstić information content (AvgIpc) is 2.45. The highest BCUT2D eigenvalue weighted by molar-refractivity contribution is 8.00. The molecular formula is C13H22N2O4S2. The molecule has 1 aromatic rings. The van der Waals surface area contributed by atoms with Crippen LogP contribution >= 0.6 is 11.8 Å². The van der Waals surface area contributed by atoms with Gasteiger partial charge in [-0.05, 0) is 26.2 Å². The molecule has 120 valence electrons. The van der Waals surface area contributed by atoms with E-state index in [2.05, 4.69) is 4.72 Å². The first-order valence-electron chi connectivity index (χ1n) is 6.23. The molecule has 0 atom stereocenters. The predicted octanol–water partition coefficient (Wildman–Crippen LogP) is 1.71. The van der Waals surface area contributed by atoms with E-state index in [-0.39, 0.29) is 21.1 Å². The topological polar surface area (TPSA) is 90.6 Å². The summed E-state index contributed by atoms with van der Waals surface area (Å²) < 4.78 is 37.4. The van der Waals surface area contributed by atoms with Gasteiger partial charge in [-0.3, -0.25) is 0 Å². The van der Waals surface area contributed by atoms with E-state index in [0.29, 0.717) is 12.3 Å². The molecule has 0 saturated heterocycles. The van der Waals surface area contributed by atoms with Crippen molar-refractivity contribution in [3.63, 3.8) is 0 Å². The van der Waals surface area contributed by atoms with Crippen LogP contribution in [0, 0.1) is 0 Å². The number of nitrogen functional groups attached to an aromatic ring is 1. The molecule has 0 unspecified atom stereocenters. The second-order valence-electron chi connectivity index (χ2n) is 5.03. The van der Waals surface area contributed by atoms with Crippen LogP contribution in [0.2, 0.25) is 0 Å². The quantitative estimate of drug-likeness (QED) is 0.738. The summed E-state index contributed by atoms with van der Waals surface area (Å²) in [6.45, 7) is 4.21. The minimum Gasteiger partial charge on any atom is -0.495 e. The number of nitrogens with one attached hydrogen (secondary N) is 1. The van der Waals surface area contributed by atoms with Crippen LogP contribution in [0.5, 0.6) is 11.5 Å². The normalized spacial score (nSPS) is 12.2. The fourth-order valence-electron chi connectivity index (χ4n) is 1.52. The first-order valence-corrected chi connectivity index (χ1v) is 8.94. The SMILES string of the molecule is COc1cc(OC)c(S(=O)(=O)NCC(C)(C)SC)cc1N. The molecule has 8 heteroatoms. The van der Waals surface area contributed by atoms with Gasteiger partial charge in [0.25, 0.3) is 0 Å². The summed E-state index contributed by atoms with van der Waals surface area (Å²) in [5, 5.41) is 0. The van der Waals surface area contributed by atoms with Crippen molar-refractivity contribution in [2.75, 3.05) is 32.8 Å². The molecule has 1 rings (SSSR count). The molecule has 0 aliphatic heterocycles. The zero-order valence-electron chi connectivity index (χ0n) is 12.9. The maximum atomic E-state index is 12.4. The number of nitrogens with two attached hydrogens (primary N) is 1. The smallest absolute Gasteiger partial charge is 0.244 e. The summed E-state index contributed by atoms with van der Waals surface area (Å²) in [4.78, 5) is 0.000188. The van der Waals surface area contributed by atoms with Crippen molar-refractivity contribution in [1.82, 2.24) is 4.72 Å². The first-order chi connectivity index (χ1) is 9.66. The number of ether oxygens (including phenoxy) is 2. The lowest BCUT2D eigenvalue weighted by Crippen LogP contribution is -2.36. The van der Waals surface area contributed by atoms with Gasteiger partial charge in [-0.1, -0.05) is 0 Å². The van der Waals surface area contributed by atoms with Crippen molar-refractivity contribution >= 4 is 27.5 Å². The van der Waals surface area contributed by atoms with E-state index in [4.69, 9.17) is 15.2 Å². The Labute approximate surface area is 130 Å². The summed E-state index contributed by atoms with van der Waals surface area (Å²) in [5.41, 5.74) is 6.02. The highest BCUT2D eigenvalue weighted by Crippen LogP contribution is 2.33. The molecule has 0 radical (unpaired) electrons. The van der Waals surface area contributed by atoms with E-state index in [1.54, 1.807) is 11.8 Å². The lowest BCUT2D eigenvalue weighted by molar-refractivity contribution is 0.387. The van der Waals surface area contributed by atoms with Crippen LogP contribution in [-0.4, -0.2) is 40.2 Å². The van der Waals surface area contributed by atoms with Crippen LogP contribution in [0.4, 0.5) is 5.69 Å². The van der Waals surface area contributed by atoms with Gasteiger partial charge in [0, 0.05) is 17.4 Å². The summed E-state index contributed by atoms with van der Waals surface area (Å²) >= 11 is 1.58. The lowest BCUT2D eigenvalue weighted by Gasteiger charge is -2.22. The molecule has 0 amide bonds. The lowest BCUT2D eigenvalue weighted by atomic mass is 10.2. The zero-order valence-corrected chi connectivity index (χ0v) is 14.5. The van der Waals surface area contributed by atoms with Crippen LogP contribution in [0.25, 0.3) is 0 Å². The predicted molar refractivity (Wildman–Crippen MR) is 86.7 cm³/mol. The Hall–Kier alpha value is -1.12. The molecule has 0 aliphatic carbocycles. The summed E-state index contributed by atoms with van der Waals surface area (Å²) in [7, 11) is -0.862. The van der Waals surface area contributed by atoms with Gasteiger partial charge >= 0.3 is 0 Å². The largest absolute Gasteiger partial charge is 0.495 e. The van der Waals surface area contributed by atoms with Gasteiger partial charge in [-0.2, -0.15) is 11.8 Å². The maximum absolute atomic E-state index is 12.4. The third kappa shape index (κ3) is 4.42. The number of anilines is 1. The summed E-state index contributed by atoms with van der Waals surface area (Å²) in [5.74, 6) is 0.561. The minimum absolute atomic E-state index is 0.000188. The van der Waals surface area contributed by atoms with Crippen LogP contribution in [0.15, 0.2) is 17.0 Å². The van der Waals surface area contributed by atoms with Crippen LogP contribution < -0.4 is 19.9 Å². The molecule has 0 fully saturated rings. The Morgan fingerprint density at radius 1 is 1.24 bits per heavy atom. The molecular weight excluding hydrogens is 312 g/mol. The fraction of sp³-hybridized carbons (Fsp3) is 0.538. The zero-order chi connectivity index (χ0) is 16.3. The standard InChI is InChI=1S/C13H22N2O4S2/c1-13(2,20-5)8-15-21(16,17)12-6-9(14)10(18-3)7-11(12)19-4/h6-7,15H,8,14H2,1-5H3. The van der Waals surface area contributed by atoms with Gasteiger partial charge in [0.15, 0.2) is 0 Å². The Bertz CT molecular complexity index is 600. The Morgan fingerprint density at radius 3 is 2.29 bits per heavy atom. The minimum atomic E-state index is -3.72. The van der Waals surface area contributed by atoms with E-state index < -0.39 is 10.0 Å².